The molecule has 0 radical (unpaired) electrons. The Morgan fingerprint density at radius 2 is 1.94 bits per heavy atom. The van der Waals surface area contributed by atoms with Gasteiger partial charge >= 0.3 is 6.03 Å². The Kier molecular flexibility index (Phi) is 4.62. The van der Waals surface area contributed by atoms with Crippen LogP contribution in [0.15, 0.2) is 54.9 Å². The lowest BCUT2D eigenvalue weighted by Gasteiger charge is -2.30. The Morgan fingerprint density at radius 1 is 1.12 bits per heavy atom. The van der Waals surface area contributed by atoms with Gasteiger partial charge in [0.2, 0.25) is 11.8 Å². The number of nitrogens with one attached hydrogen (secondary N) is 2. The molecule has 1 saturated heterocycles. The van der Waals surface area contributed by atoms with Gasteiger partial charge in [0.05, 0.1) is 17.1 Å². The molecule has 12 heteroatoms. The fraction of sp³-hybridized carbons (Fsp3) is 0.190. The average Bonchev–Trinajstić information content (AvgIpc) is 3.42. The highest BCUT2D eigenvalue weighted by Crippen LogP contribution is 2.32. The smallest absolute Gasteiger partial charge is 0.323 e. The number of urea groups is 1. The van der Waals surface area contributed by atoms with E-state index in [1.807, 2.05) is 0 Å². The molecule has 2 aromatic carbocycles. The Labute approximate surface area is 187 Å². The lowest BCUT2D eigenvalue weighted by Crippen LogP contribution is -2.48. The Morgan fingerprint density at radius 3 is 2.73 bits per heavy atom. The largest absolute Gasteiger partial charge is 0.325 e. The van der Waals surface area contributed by atoms with Crippen LogP contribution in [-0.4, -0.2) is 61.9 Å². The van der Waals surface area contributed by atoms with Crippen molar-refractivity contribution in [3.8, 4) is 5.69 Å². The van der Waals surface area contributed by atoms with Crippen LogP contribution in [0.2, 0.25) is 0 Å². The predicted molar refractivity (Wildman–Crippen MR) is 114 cm³/mol. The molecule has 1 atom stereocenters. The zero-order valence-corrected chi connectivity index (χ0v) is 17.4. The van der Waals surface area contributed by atoms with Gasteiger partial charge in [0.25, 0.3) is 5.91 Å². The van der Waals surface area contributed by atoms with Crippen LogP contribution in [0.5, 0.6) is 0 Å². The predicted octanol–water partition coefficient (Wildman–Crippen LogP) is 0.415. The lowest BCUT2D eigenvalue weighted by atomic mass is 9.91. The molecule has 2 aliphatic heterocycles. The van der Waals surface area contributed by atoms with E-state index in [9.17, 15) is 19.2 Å². The number of nitrogens with zero attached hydrogens (tertiary/aromatic N) is 6. The minimum atomic E-state index is -1.39. The van der Waals surface area contributed by atoms with Gasteiger partial charge in [-0.05, 0) is 47.2 Å². The number of imide groups is 1. The number of fused-ring (bicyclic) bond motifs is 1. The van der Waals surface area contributed by atoms with E-state index in [1.54, 1.807) is 55.5 Å². The number of para-hydroxylation sites is 2. The molecule has 0 aliphatic carbocycles. The van der Waals surface area contributed by atoms with Crippen molar-refractivity contribution in [2.75, 3.05) is 23.3 Å². The van der Waals surface area contributed by atoms with Gasteiger partial charge in [0.15, 0.2) is 0 Å². The lowest BCUT2D eigenvalue weighted by molar-refractivity contribution is -0.134. The fourth-order valence-corrected chi connectivity index (χ4v) is 3.95. The van der Waals surface area contributed by atoms with E-state index in [2.05, 4.69) is 26.2 Å². The number of hydrogen-bond donors (Lipinski definition) is 2. The maximum atomic E-state index is 13.3. The number of aromatic nitrogens is 4. The molecule has 0 spiro atoms. The van der Waals surface area contributed by atoms with Gasteiger partial charge in [-0.1, -0.05) is 24.3 Å². The highest BCUT2D eigenvalue weighted by molar-refractivity contribution is 6.14. The van der Waals surface area contributed by atoms with Gasteiger partial charge in [0, 0.05) is 0 Å². The third-order valence-corrected chi connectivity index (χ3v) is 5.68. The molecule has 3 heterocycles. The summed E-state index contributed by atoms with van der Waals surface area (Å²) in [6.07, 6.45) is 1.41. The minimum Gasteiger partial charge on any atom is -0.323 e. The third-order valence-electron chi connectivity index (χ3n) is 5.68. The second-order valence-corrected chi connectivity index (χ2v) is 7.80. The summed E-state index contributed by atoms with van der Waals surface area (Å²) in [5, 5.41) is 16.4. The molecule has 1 aromatic heterocycles. The summed E-state index contributed by atoms with van der Waals surface area (Å²) >= 11 is 0. The summed E-state index contributed by atoms with van der Waals surface area (Å²) in [6.45, 7) is 0.860. The first-order chi connectivity index (χ1) is 15.9. The Hall–Kier alpha value is -4.61. The van der Waals surface area contributed by atoms with Crippen LogP contribution in [0.4, 0.5) is 16.2 Å². The summed E-state index contributed by atoms with van der Waals surface area (Å²) in [4.78, 5) is 53.3. The number of hydrogen-bond acceptors (Lipinski definition) is 7. The molecule has 166 valence electrons. The van der Waals surface area contributed by atoms with E-state index in [1.165, 1.54) is 15.9 Å². The van der Waals surface area contributed by atoms with Crippen molar-refractivity contribution in [2.45, 2.75) is 12.5 Å². The second-order valence-electron chi connectivity index (χ2n) is 7.80. The number of carbonyl (C=O) groups excluding carboxylic acids is 4. The number of carbonyl (C=O) groups is 4. The van der Waals surface area contributed by atoms with E-state index in [0.29, 0.717) is 22.6 Å². The third kappa shape index (κ3) is 3.37. The van der Waals surface area contributed by atoms with E-state index in [-0.39, 0.29) is 12.5 Å². The summed E-state index contributed by atoms with van der Waals surface area (Å²) < 4.78 is 1.42. The Balaban J connectivity index is 1.40. The maximum Gasteiger partial charge on any atom is 0.325 e. The highest BCUT2D eigenvalue weighted by atomic mass is 16.2. The zero-order valence-electron chi connectivity index (χ0n) is 17.4. The van der Waals surface area contributed by atoms with Crippen molar-refractivity contribution in [3.63, 3.8) is 0 Å². The average molecular weight is 446 g/mol. The van der Waals surface area contributed by atoms with Crippen molar-refractivity contribution < 1.29 is 19.2 Å². The van der Waals surface area contributed by atoms with Gasteiger partial charge in [0.1, 0.15) is 25.0 Å². The van der Waals surface area contributed by atoms with Crippen LogP contribution in [-0.2, 0) is 19.9 Å². The molecular weight excluding hydrogens is 428 g/mol. The molecule has 1 unspecified atom stereocenters. The van der Waals surface area contributed by atoms with Crippen LogP contribution in [0.1, 0.15) is 12.5 Å². The standard InChI is InChI=1S/C21H18N8O4/c1-21(13-5-4-6-14(9-13)29-12-22-25-26-29)19(32)28(20(33)24-21)11-18(31)27-10-17(30)23-15-7-2-3-8-16(15)27/h2-9,12H,10-11H2,1H3,(H,23,30)(H,24,33). The zero-order chi connectivity index (χ0) is 23.2. The molecule has 5 amide bonds. The summed E-state index contributed by atoms with van der Waals surface area (Å²) in [5.74, 6) is -1.49. The monoisotopic (exact) mass is 446 g/mol. The summed E-state index contributed by atoms with van der Waals surface area (Å²) in [7, 11) is 0. The molecule has 12 nitrogen and oxygen atoms in total. The normalized spacial score (nSPS) is 19.8. The van der Waals surface area contributed by atoms with E-state index in [0.717, 1.165) is 4.90 Å². The second kappa shape index (κ2) is 7.51. The van der Waals surface area contributed by atoms with Crippen molar-refractivity contribution in [1.82, 2.24) is 30.4 Å². The first-order valence-electron chi connectivity index (χ1n) is 10.0. The van der Waals surface area contributed by atoms with Crippen molar-refractivity contribution in [3.05, 3.63) is 60.4 Å². The van der Waals surface area contributed by atoms with Gasteiger partial charge in [-0.2, -0.15) is 0 Å². The maximum absolute atomic E-state index is 13.3. The number of benzene rings is 2. The molecule has 33 heavy (non-hydrogen) atoms. The number of amides is 5. The molecule has 1 fully saturated rings. The molecule has 2 N–H and O–H groups in total. The molecule has 2 aliphatic rings. The highest BCUT2D eigenvalue weighted by Gasteiger charge is 2.50. The fourth-order valence-electron chi connectivity index (χ4n) is 3.95. The van der Waals surface area contributed by atoms with Gasteiger partial charge in [-0.25, -0.2) is 9.48 Å². The van der Waals surface area contributed by atoms with Gasteiger partial charge in [-0.15, -0.1) is 5.10 Å². The topological polar surface area (TPSA) is 142 Å². The molecule has 0 saturated carbocycles. The summed E-state index contributed by atoms with van der Waals surface area (Å²) in [6, 6.07) is 13.0. The van der Waals surface area contributed by atoms with Crippen molar-refractivity contribution in [1.29, 1.82) is 0 Å². The van der Waals surface area contributed by atoms with Gasteiger partial charge in [-0.3, -0.25) is 24.2 Å². The van der Waals surface area contributed by atoms with Crippen LogP contribution >= 0.6 is 0 Å². The first kappa shape index (κ1) is 20.3. The van der Waals surface area contributed by atoms with Crippen molar-refractivity contribution in [2.24, 2.45) is 0 Å². The first-order valence-corrected chi connectivity index (χ1v) is 10.0. The molecule has 0 bridgehead atoms. The minimum absolute atomic E-state index is 0.204. The Bertz CT molecular complexity index is 1290. The quantitative estimate of drug-likeness (QED) is 0.553. The van der Waals surface area contributed by atoms with Crippen LogP contribution in [0.25, 0.3) is 5.69 Å². The van der Waals surface area contributed by atoms with E-state index < -0.39 is 29.9 Å². The van der Waals surface area contributed by atoms with E-state index >= 15 is 0 Å². The van der Waals surface area contributed by atoms with Crippen LogP contribution < -0.4 is 15.5 Å². The number of rotatable bonds is 4. The summed E-state index contributed by atoms with van der Waals surface area (Å²) in [5.41, 5.74) is 0.714. The number of tetrazole rings is 1. The van der Waals surface area contributed by atoms with Crippen molar-refractivity contribution >= 4 is 35.1 Å². The number of anilines is 2. The van der Waals surface area contributed by atoms with E-state index in [4.69, 9.17) is 0 Å². The van der Waals surface area contributed by atoms with Crippen LogP contribution in [0, 0.1) is 0 Å². The molecule has 5 rings (SSSR count). The van der Waals surface area contributed by atoms with Crippen LogP contribution in [0.3, 0.4) is 0 Å². The SMILES string of the molecule is CC1(c2cccc(-n3cnnn3)c2)NC(=O)N(CC(=O)N2CC(=O)Nc3ccccc32)C1=O. The molecule has 3 aromatic rings. The molecular formula is C21H18N8O4. The van der Waals surface area contributed by atoms with Gasteiger partial charge < -0.3 is 10.6 Å².